The Balaban J connectivity index is 1.50. The molecule has 0 spiro atoms. The predicted octanol–water partition coefficient (Wildman–Crippen LogP) is 1.74. The Hall–Kier alpha value is -1.36. The van der Waals surface area contributed by atoms with Crippen LogP contribution in [0.15, 0.2) is 12.4 Å². The van der Waals surface area contributed by atoms with Gasteiger partial charge in [-0.05, 0) is 12.3 Å². The molecule has 114 valence electrons. The number of nitrogens with zero attached hydrogens (tertiary/aromatic N) is 2. The lowest BCUT2D eigenvalue weighted by Gasteiger charge is -2.50. The number of carbonyl (C=O) groups excluding carboxylic acids is 1. The minimum atomic E-state index is -0.0409. The van der Waals surface area contributed by atoms with Gasteiger partial charge < -0.3 is 14.6 Å². The number of fused-ring (bicyclic) bond motifs is 1. The molecule has 1 aromatic heterocycles. The number of ether oxygens (including phenoxy) is 1. The molecule has 0 aromatic carbocycles. The molecule has 4 rings (SSSR count). The summed E-state index contributed by atoms with van der Waals surface area (Å²) in [6, 6.07) is 0.282. The molecule has 3 fully saturated rings. The average molecular weight is 289 g/mol. The highest BCUT2D eigenvalue weighted by atomic mass is 16.5. The SMILES string of the molecule is Cn1ccnc1C(=O)N[C@H]1[C@H]2CCO[C@H]2[C@H]1C1CCCC1. The van der Waals surface area contributed by atoms with Crippen LogP contribution < -0.4 is 5.32 Å². The lowest BCUT2D eigenvalue weighted by molar-refractivity contribution is -0.0785. The van der Waals surface area contributed by atoms with Crippen molar-refractivity contribution >= 4 is 5.91 Å². The molecule has 1 amide bonds. The van der Waals surface area contributed by atoms with E-state index >= 15 is 0 Å². The third-order valence-corrected chi connectivity index (χ3v) is 5.70. The molecule has 2 saturated carbocycles. The van der Waals surface area contributed by atoms with Gasteiger partial charge in [-0.1, -0.05) is 25.7 Å². The van der Waals surface area contributed by atoms with Crippen molar-refractivity contribution in [3.8, 4) is 0 Å². The molecule has 0 radical (unpaired) electrons. The molecule has 2 aliphatic carbocycles. The van der Waals surface area contributed by atoms with Gasteiger partial charge in [-0.25, -0.2) is 4.98 Å². The molecule has 1 aromatic rings. The van der Waals surface area contributed by atoms with Crippen molar-refractivity contribution in [1.29, 1.82) is 0 Å². The smallest absolute Gasteiger partial charge is 0.287 e. The van der Waals surface area contributed by atoms with Crippen LogP contribution in [-0.4, -0.2) is 34.2 Å². The average Bonchev–Trinajstić information content (AvgIpc) is 3.17. The lowest BCUT2D eigenvalue weighted by atomic mass is 9.61. The van der Waals surface area contributed by atoms with Gasteiger partial charge in [-0.2, -0.15) is 0 Å². The van der Waals surface area contributed by atoms with Crippen LogP contribution in [0.3, 0.4) is 0 Å². The summed E-state index contributed by atoms with van der Waals surface area (Å²) in [6.07, 6.45) is 10.2. The third kappa shape index (κ3) is 2.09. The van der Waals surface area contributed by atoms with Gasteiger partial charge in [-0.15, -0.1) is 0 Å². The third-order valence-electron chi connectivity index (χ3n) is 5.70. The summed E-state index contributed by atoms with van der Waals surface area (Å²) in [5.74, 6) is 2.23. The molecule has 2 heterocycles. The Morgan fingerprint density at radius 1 is 1.38 bits per heavy atom. The second kappa shape index (κ2) is 5.13. The summed E-state index contributed by atoms with van der Waals surface area (Å²) in [4.78, 5) is 16.6. The van der Waals surface area contributed by atoms with Crippen molar-refractivity contribution in [2.45, 2.75) is 44.2 Å². The summed E-state index contributed by atoms with van der Waals surface area (Å²) < 4.78 is 7.71. The summed E-state index contributed by atoms with van der Waals surface area (Å²) in [5.41, 5.74) is 0. The molecule has 3 aliphatic rings. The summed E-state index contributed by atoms with van der Waals surface area (Å²) in [5, 5.41) is 3.26. The van der Waals surface area contributed by atoms with Crippen molar-refractivity contribution < 1.29 is 9.53 Å². The molecular formula is C16H23N3O2. The quantitative estimate of drug-likeness (QED) is 0.922. The zero-order chi connectivity index (χ0) is 14.4. The molecule has 0 unspecified atom stereocenters. The van der Waals surface area contributed by atoms with Crippen LogP contribution in [0.5, 0.6) is 0 Å². The summed E-state index contributed by atoms with van der Waals surface area (Å²) in [7, 11) is 1.86. The van der Waals surface area contributed by atoms with E-state index in [2.05, 4.69) is 10.3 Å². The minimum Gasteiger partial charge on any atom is -0.377 e. The van der Waals surface area contributed by atoms with Gasteiger partial charge in [0.15, 0.2) is 5.82 Å². The highest BCUT2D eigenvalue weighted by Crippen LogP contribution is 2.51. The topological polar surface area (TPSA) is 56.2 Å². The van der Waals surface area contributed by atoms with E-state index in [1.54, 1.807) is 10.8 Å². The second-order valence-corrected chi connectivity index (χ2v) is 6.77. The first kappa shape index (κ1) is 13.3. The Morgan fingerprint density at radius 2 is 2.19 bits per heavy atom. The number of nitrogens with one attached hydrogen (secondary N) is 1. The van der Waals surface area contributed by atoms with Gasteiger partial charge >= 0.3 is 0 Å². The van der Waals surface area contributed by atoms with Gasteiger partial charge in [-0.3, -0.25) is 4.79 Å². The van der Waals surface area contributed by atoms with E-state index in [1.165, 1.54) is 25.7 Å². The van der Waals surface area contributed by atoms with Gasteiger partial charge in [0.25, 0.3) is 5.91 Å². The maximum Gasteiger partial charge on any atom is 0.287 e. The Bertz CT molecular complexity index is 531. The normalized spacial score (nSPS) is 35.5. The number of carbonyl (C=O) groups is 1. The maximum atomic E-state index is 12.4. The highest BCUT2D eigenvalue weighted by molar-refractivity contribution is 5.91. The Labute approximate surface area is 125 Å². The van der Waals surface area contributed by atoms with Gasteiger partial charge in [0, 0.05) is 43.9 Å². The number of hydrogen-bond donors (Lipinski definition) is 1. The minimum absolute atomic E-state index is 0.0409. The first-order chi connectivity index (χ1) is 10.3. The van der Waals surface area contributed by atoms with Crippen LogP contribution in [-0.2, 0) is 11.8 Å². The van der Waals surface area contributed by atoms with E-state index in [1.807, 2.05) is 13.2 Å². The van der Waals surface area contributed by atoms with Crippen molar-refractivity contribution in [2.24, 2.45) is 24.8 Å². The van der Waals surface area contributed by atoms with Gasteiger partial charge in [0.2, 0.25) is 0 Å². The van der Waals surface area contributed by atoms with Crippen molar-refractivity contribution in [3.05, 3.63) is 18.2 Å². The first-order valence-corrected chi connectivity index (χ1v) is 8.15. The number of aromatic nitrogens is 2. The lowest BCUT2D eigenvalue weighted by Crippen LogP contribution is -2.63. The van der Waals surface area contributed by atoms with E-state index in [9.17, 15) is 4.79 Å². The fraction of sp³-hybridized carbons (Fsp3) is 0.750. The van der Waals surface area contributed by atoms with E-state index in [4.69, 9.17) is 4.74 Å². The van der Waals surface area contributed by atoms with E-state index in [0.29, 0.717) is 23.8 Å². The summed E-state index contributed by atoms with van der Waals surface area (Å²) in [6.45, 7) is 0.854. The zero-order valence-electron chi connectivity index (χ0n) is 12.5. The number of aryl methyl sites for hydroxylation is 1. The fourth-order valence-electron chi connectivity index (χ4n) is 4.66. The predicted molar refractivity (Wildman–Crippen MR) is 77.8 cm³/mol. The van der Waals surface area contributed by atoms with E-state index in [0.717, 1.165) is 18.9 Å². The molecule has 4 atom stereocenters. The maximum absolute atomic E-state index is 12.4. The molecule has 1 N–H and O–H groups in total. The van der Waals surface area contributed by atoms with E-state index < -0.39 is 0 Å². The van der Waals surface area contributed by atoms with Gasteiger partial charge in [0.05, 0.1) is 6.10 Å². The van der Waals surface area contributed by atoms with Crippen molar-refractivity contribution in [3.63, 3.8) is 0 Å². The number of imidazole rings is 1. The van der Waals surface area contributed by atoms with Crippen LogP contribution in [0, 0.1) is 17.8 Å². The fourth-order valence-corrected chi connectivity index (χ4v) is 4.66. The van der Waals surface area contributed by atoms with Gasteiger partial charge in [0.1, 0.15) is 0 Å². The summed E-state index contributed by atoms with van der Waals surface area (Å²) >= 11 is 0. The van der Waals surface area contributed by atoms with Crippen LogP contribution >= 0.6 is 0 Å². The largest absolute Gasteiger partial charge is 0.377 e. The molecule has 5 heteroatoms. The monoisotopic (exact) mass is 289 g/mol. The molecule has 21 heavy (non-hydrogen) atoms. The standard InChI is InChI=1S/C16H23N3O2/c1-19-8-7-17-15(19)16(20)18-13-11-6-9-21-14(11)12(13)10-4-2-3-5-10/h7-8,10-14H,2-6,9H2,1H3,(H,18,20)/t11-,12+,13+,14-/m1/s1. The molecule has 5 nitrogen and oxygen atoms in total. The Kier molecular flexibility index (Phi) is 3.25. The number of amides is 1. The molecular weight excluding hydrogens is 266 g/mol. The zero-order valence-corrected chi connectivity index (χ0v) is 12.5. The van der Waals surface area contributed by atoms with Crippen LogP contribution in [0.2, 0.25) is 0 Å². The second-order valence-electron chi connectivity index (χ2n) is 6.77. The molecule has 0 bridgehead atoms. The van der Waals surface area contributed by atoms with Crippen LogP contribution in [0.1, 0.15) is 42.7 Å². The number of rotatable bonds is 3. The Morgan fingerprint density at radius 3 is 2.90 bits per heavy atom. The molecule has 1 saturated heterocycles. The highest BCUT2D eigenvalue weighted by Gasteiger charge is 2.57. The van der Waals surface area contributed by atoms with Crippen molar-refractivity contribution in [1.82, 2.24) is 14.9 Å². The number of hydrogen-bond acceptors (Lipinski definition) is 3. The molecule has 1 aliphatic heterocycles. The first-order valence-electron chi connectivity index (χ1n) is 8.15. The van der Waals surface area contributed by atoms with Crippen LogP contribution in [0.4, 0.5) is 0 Å². The van der Waals surface area contributed by atoms with E-state index in [-0.39, 0.29) is 11.9 Å². The van der Waals surface area contributed by atoms with Crippen molar-refractivity contribution in [2.75, 3.05) is 6.61 Å². The van der Waals surface area contributed by atoms with Crippen LogP contribution in [0.25, 0.3) is 0 Å².